The summed E-state index contributed by atoms with van der Waals surface area (Å²) in [6, 6.07) is 16.9. The lowest BCUT2D eigenvalue weighted by atomic mass is 9.97. The Hall–Kier alpha value is -4.91. The average molecular weight is 633 g/mol. The van der Waals surface area contributed by atoms with Crippen molar-refractivity contribution >= 4 is 39.0 Å². The molecule has 234 valence electrons. The molecule has 4 aromatic rings. The van der Waals surface area contributed by atoms with Crippen molar-refractivity contribution in [3.05, 3.63) is 75.8 Å². The minimum absolute atomic E-state index is 0.0154. The predicted octanol–water partition coefficient (Wildman–Crippen LogP) is 3.49. The number of nitro benzene ring substituents is 1. The first-order valence-corrected chi connectivity index (χ1v) is 15.6. The number of likely N-dealkylation sites (N-methyl/N-ethyl adjacent to an activating group) is 1. The van der Waals surface area contributed by atoms with Gasteiger partial charge in [-0.2, -0.15) is 19.1 Å². The van der Waals surface area contributed by atoms with E-state index in [4.69, 9.17) is 5.11 Å². The van der Waals surface area contributed by atoms with Gasteiger partial charge < -0.3 is 10.0 Å². The molecule has 14 nitrogen and oxygen atoms in total. The number of nitro groups is 1. The molecule has 0 unspecified atom stereocenters. The molecule has 2 aromatic heterocycles. The molecule has 0 spiro atoms. The lowest BCUT2D eigenvalue weighted by molar-refractivity contribution is -0.387. The second-order valence-corrected chi connectivity index (χ2v) is 13.0. The highest BCUT2D eigenvalue weighted by atomic mass is 32.2. The number of pyridine rings is 1. The Morgan fingerprint density at radius 3 is 2.58 bits per heavy atom. The molecule has 2 N–H and O–H groups in total. The van der Waals surface area contributed by atoms with Gasteiger partial charge in [-0.05, 0) is 43.9 Å². The number of hydrogen-bond acceptors (Lipinski definition) is 10. The number of para-hydroxylation sites is 1. The monoisotopic (exact) mass is 632 g/mol. The van der Waals surface area contributed by atoms with E-state index in [1.165, 1.54) is 34.1 Å². The fraction of sp³-hybridized carbons (Fsp3) is 0.333. The molecule has 0 saturated carbocycles. The summed E-state index contributed by atoms with van der Waals surface area (Å²) < 4.78 is 30.3. The van der Waals surface area contributed by atoms with Gasteiger partial charge in [-0.25, -0.2) is 8.42 Å². The summed E-state index contributed by atoms with van der Waals surface area (Å²) in [5, 5.41) is 38.2. The fourth-order valence-corrected chi connectivity index (χ4v) is 7.37. The fourth-order valence-electron chi connectivity index (χ4n) is 5.69. The molecule has 0 aliphatic carbocycles. The van der Waals surface area contributed by atoms with Crippen LogP contribution in [0.5, 0.6) is 0 Å². The van der Waals surface area contributed by atoms with Crippen LogP contribution in [0.25, 0.3) is 16.8 Å². The Labute approximate surface area is 259 Å². The molecule has 5 rings (SSSR count). The van der Waals surface area contributed by atoms with Gasteiger partial charge in [-0.1, -0.05) is 42.5 Å². The van der Waals surface area contributed by atoms with Gasteiger partial charge in [0, 0.05) is 44.8 Å². The molecule has 1 aliphatic heterocycles. The number of carbonyl (C=O) groups is 1. The quantitative estimate of drug-likeness (QED) is 0.194. The van der Waals surface area contributed by atoms with Crippen LogP contribution in [0.2, 0.25) is 0 Å². The van der Waals surface area contributed by atoms with Crippen molar-refractivity contribution < 1.29 is 23.2 Å². The van der Waals surface area contributed by atoms with E-state index >= 15 is 0 Å². The lowest BCUT2D eigenvalue weighted by Crippen LogP contribution is -2.49. The number of aromatic nitrogens is 3. The third-order valence-electron chi connectivity index (χ3n) is 8.20. The van der Waals surface area contributed by atoms with Crippen LogP contribution in [0.15, 0.2) is 59.5 Å². The van der Waals surface area contributed by atoms with Crippen LogP contribution in [0.3, 0.4) is 0 Å². The van der Waals surface area contributed by atoms with Crippen LogP contribution in [0, 0.1) is 28.4 Å². The summed E-state index contributed by atoms with van der Waals surface area (Å²) in [5.41, 5.74) is 1.10. The number of anilines is 2. The molecule has 45 heavy (non-hydrogen) atoms. The molecule has 15 heteroatoms. The summed E-state index contributed by atoms with van der Waals surface area (Å²) in [6.45, 7) is 4.00. The third kappa shape index (κ3) is 5.70. The number of sulfonamides is 1. The van der Waals surface area contributed by atoms with Crippen molar-refractivity contribution in [2.75, 3.05) is 37.0 Å². The van der Waals surface area contributed by atoms with Gasteiger partial charge in [0.25, 0.3) is 5.69 Å². The van der Waals surface area contributed by atoms with E-state index in [0.717, 1.165) is 11.6 Å². The predicted molar refractivity (Wildman–Crippen MR) is 166 cm³/mol. The van der Waals surface area contributed by atoms with E-state index in [9.17, 15) is 28.6 Å². The number of aliphatic hydroxyl groups excluding tert-OH is 1. The second-order valence-electron chi connectivity index (χ2n) is 11.1. The molecular formula is C30H32N8O6S. The van der Waals surface area contributed by atoms with Crippen molar-refractivity contribution in [3.63, 3.8) is 0 Å². The van der Waals surface area contributed by atoms with Crippen LogP contribution in [0.4, 0.5) is 17.5 Å². The maximum absolute atomic E-state index is 13.8. The summed E-state index contributed by atoms with van der Waals surface area (Å²) in [6.07, 6.45) is 0.695. The Balaban J connectivity index is 1.63. The lowest BCUT2D eigenvalue weighted by Gasteiger charge is -2.35. The third-order valence-corrected chi connectivity index (χ3v) is 10.3. The highest BCUT2D eigenvalue weighted by molar-refractivity contribution is 7.89. The molecule has 1 aliphatic rings. The van der Waals surface area contributed by atoms with E-state index in [-0.39, 0.29) is 43.2 Å². The number of fused-ring (bicyclic) bond motifs is 1. The highest BCUT2D eigenvalue weighted by Crippen LogP contribution is 2.42. The molecule has 3 heterocycles. The molecule has 1 fully saturated rings. The van der Waals surface area contributed by atoms with E-state index in [1.807, 2.05) is 35.2 Å². The first kappa shape index (κ1) is 31.5. The maximum Gasteiger partial charge on any atom is 0.289 e. The van der Waals surface area contributed by atoms with Gasteiger partial charge in [0.05, 0.1) is 10.5 Å². The number of nitrogens with zero attached hydrogens (tertiary/aromatic N) is 7. The SMILES string of the molecule is Cc1c(-c2ccccc2)c(N2CC[C@](C)(N(C)S(=O)(=O)c3ccccc3[N+](=O)[O-])C2)n2nc(NC(=O)CCCO)nc2c1C#N. The van der Waals surface area contributed by atoms with Crippen molar-refractivity contribution in [1.29, 1.82) is 5.26 Å². The molecule has 1 saturated heterocycles. The number of aliphatic hydroxyl groups is 1. The first-order chi connectivity index (χ1) is 21.4. The molecule has 0 radical (unpaired) electrons. The average Bonchev–Trinajstić information content (AvgIpc) is 3.63. The Morgan fingerprint density at radius 1 is 1.22 bits per heavy atom. The summed E-state index contributed by atoms with van der Waals surface area (Å²) in [5.74, 6) is 0.144. The first-order valence-electron chi connectivity index (χ1n) is 14.2. The zero-order valence-electron chi connectivity index (χ0n) is 25.0. The van der Waals surface area contributed by atoms with E-state index in [2.05, 4.69) is 21.5 Å². The van der Waals surface area contributed by atoms with Crippen LogP contribution in [-0.2, 0) is 14.8 Å². The smallest absolute Gasteiger partial charge is 0.289 e. The minimum atomic E-state index is -4.28. The van der Waals surface area contributed by atoms with Crippen molar-refractivity contribution in [1.82, 2.24) is 18.9 Å². The second kappa shape index (κ2) is 12.2. The number of benzene rings is 2. The van der Waals surface area contributed by atoms with Crippen molar-refractivity contribution in [2.45, 2.75) is 43.5 Å². The zero-order valence-corrected chi connectivity index (χ0v) is 25.8. The normalized spacial score (nSPS) is 16.7. The van der Waals surface area contributed by atoms with E-state index < -0.39 is 37.0 Å². The largest absolute Gasteiger partial charge is 0.396 e. The topological polar surface area (TPSA) is 187 Å². The maximum atomic E-state index is 13.8. The Bertz CT molecular complexity index is 1940. The molecular weight excluding hydrogens is 600 g/mol. The van der Waals surface area contributed by atoms with Gasteiger partial charge in [0.15, 0.2) is 10.5 Å². The van der Waals surface area contributed by atoms with Crippen molar-refractivity contribution in [3.8, 4) is 17.2 Å². The Morgan fingerprint density at radius 2 is 1.91 bits per heavy atom. The van der Waals surface area contributed by atoms with Crippen LogP contribution in [-0.4, -0.2) is 75.5 Å². The van der Waals surface area contributed by atoms with Gasteiger partial charge in [-0.15, -0.1) is 5.10 Å². The number of nitrogens with one attached hydrogen (secondary N) is 1. The summed E-state index contributed by atoms with van der Waals surface area (Å²) in [4.78, 5) is 29.4. The standard InChI is InChI=1S/C30H32N8O6S/c1-20-22(18-31)27-33-29(32-25(40)14-9-17-39)34-37(27)28(26(20)21-10-5-4-6-11-21)36-16-15-30(2,19-36)35(3)45(43,44)24-13-8-7-12-23(24)38(41)42/h4-8,10-13,39H,9,14-17,19H2,1-3H3,(H,32,34,40)/t30-/m0/s1. The number of amides is 1. The highest BCUT2D eigenvalue weighted by Gasteiger charge is 2.46. The van der Waals surface area contributed by atoms with Gasteiger partial charge in [0.2, 0.25) is 21.9 Å². The van der Waals surface area contributed by atoms with Crippen molar-refractivity contribution in [2.24, 2.45) is 0 Å². The molecule has 2 aromatic carbocycles. The Kier molecular flexibility index (Phi) is 8.57. The number of hydrogen-bond donors (Lipinski definition) is 2. The molecule has 1 atom stereocenters. The zero-order chi connectivity index (χ0) is 32.5. The summed E-state index contributed by atoms with van der Waals surface area (Å²) >= 11 is 0. The molecule has 0 bridgehead atoms. The number of rotatable bonds is 10. The number of carbonyl (C=O) groups excluding carboxylic acids is 1. The van der Waals surface area contributed by atoms with E-state index in [0.29, 0.717) is 29.9 Å². The number of nitriles is 1. The van der Waals surface area contributed by atoms with Gasteiger partial charge >= 0.3 is 0 Å². The van der Waals surface area contributed by atoms with Crippen LogP contribution < -0.4 is 10.2 Å². The van der Waals surface area contributed by atoms with Crippen LogP contribution >= 0.6 is 0 Å². The minimum Gasteiger partial charge on any atom is -0.396 e. The van der Waals surface area contributed by atoms with Crippen LogP contribution in [0.1, 0.15) is 37.3 Å². The van der Waals surface area contributed by atoms with E-state index in [1.54, 1.807) is 13.8 Å². The van der Waals surface area contributed by atoms with Gasteiger partial charge in [0.1, 0.15) is 17.5 Å². The summed E-state index contributed by atoms with van der Waals surface area (Å²) in [7, 11) is -2.86. The van der Waals surface area contributed by atoms with Gasteiger partial charge in [-0.3, -0.25) is 20.2 Å². The molecule has 1 amide bonds.